The summed E-state index contributed by atoms with van der Waals surface area (Å²) in [5.41, 5.74) is 12.3. The van der Waals surface area contributed by atoms with Gasteiger partial charge in [0.1, 0.15) is 11.3 Å². The molecular weight excluding hydrogens is 579 g/mol. The normalized spacial score (nSPS) is 11.5. The van der Waals surface area contributed by atoms with Crippen LogP contribution in [0.2, 0.25) is 0 Å². The Morgan fingerprint density at radius 2 is 1.06 bits per heavy atom. The SMILES string of the molecule is Fc1ccc2nc(-c3ccc(-c4ccccc4-c4ccccc4-c4ccc5c(c4)c4ccccc4n5-c4ccccc4)cc3)oc2c1. The van der Waals surface area contributed by atoms with Crippen LogP contribution < -0.4 is 0 Å². The third-order valence-corrected chi connectivity index (χ3v) is 8.94. The molecule has 0 N–H and O–H groups in total. The summed E-state index contributed by atoms with van der Waals surface area (Å²) in [6.07, 6.45) is 0. The van der Waals surface area contributed by atoms with Gasteiger partial charge in [0, 0.05) is 28.1 Å². The minimum Gasteiger partial charge on any atom is -0.436 e. The summed E-state index contributed by atoms with van der Waals surface area (Å²) in [6, 6.07) is 55.8. The Morgan fingerprint density at radius 1 is 0.468 bits per heavy atom. The highest BCUT2D eigenvalue weighted by atomic mass is 19.1. The first-order chi connectivity index (χ1) is 23.2. The molecule has 47 heavy (non-hydrogen) atoms. The molecule has 0 aliphatic heterocycles. The van der Waals surface area contributed by atoms with E-state index in [1.807, 2.05) is 12.1 Å². The molecule has 0 bridgehead atoms. The lowest BCUT2D eigenvalue weighted by molar-refractivity contribution is 0.602. The van der Waals surface area contributed by atoms with Crippen molar-refractivity contribution in [3.05, 3.63) is 170 Å². The van der Waals surface area contributed by atoms with Crippen LogP contribution >= 0.6 is 0 Å². The molecule has 0 aliphatic carbocycles. The number of oxazole rings is 1. The molecule has 9 rings (SSSR count). The maximum absolute atomic E-state index is 13.7. The molecule has 0 spiro atoms. The minimum absolute atomic E-state index is 0.341. The van der Waals surface area contributed by atoms with Gasteiger partial charge < -0.3 is 8.98 Å². The van der Waals surface area contributed by atoms with Crippen LogP contribution in [-0.2, 0) is 0 Å². The molecule has 0 unspecified atom stereocenters. The maximum Gasteiger partial charge on any atom is 0.227 e. The van der Waals surface area contributed by atoms with Gasteiger partial charge >= 0.3 is 0 Å². The molecule has 4 heteroatoms. The fourth-order valence-corrected chi connectivity index (χ4v) is 6.75. The standard InChI is InChI=1S/C43H27FN2O/c44-31-23-24-39-42(27-31)47-43(45-39)29-20-18-28(19-21-29)33-12-4-6-14-35(33)36-15-7-5-13-34(36)30-22-25-41-38(26-30)37-16-8-9-17-40(37)46(41)32-10-2-1-3-11-32/h1-27H. The topological polar surface area (TPSA) is 31.0 Å². The molecule has 0 atom stereocenters. The van der Waals surface area contributed by atoms with E-state index in [1.54, 1.807) is 6.07 Å². The molecule has 0 amide bonds. The van der Waals surface area contributed by atoms with Crippen molar-refractivity contribution in [3.63, 3.8) is 0 Å². The van der Waals surface area contributed by atoms with Gasteiger partial charge in [0.15, 0.2) is 5.58 Å². The maximum atomic E-state index is 13.7. The Kier molecular flexibility index (Phi) is 6.32. The fraction of sp³-hybridized carbons (Fsp3) is 0. The van der Waals surface area contributed by atoms with Gasteiger partial charge in [0.2, 0.25) is 5.89 Å². The van der Waals surface area contributed by atoms with Crippen molar-refractivity contribution < 1.29 is 8.81 Å². The van der Waals surface area contributed by atoms with Crippen LogP contribution in [0.25, 0.3) is 83.4 Å². The minimum atomic E-state index is -0.341. The Balaban J connectivity index is 1.14. The number of hydrogen-bond acceptors (Lipinski definition) is 2. The highest BCUT2D eigenvalue weighted by Gasteiger charge is 2.17. The van der Waals surface area contributed by atoms with Crippen LogP contribution in [-0.4, -0.2) is 9.55 Å². The van der Waals surface area contributed by atoms with Crippen molar-refractivity contribution >= 4 is 32.9 Å². The average molecular weight is 607 g/mol. The number of rotatable bonds is 5. The summed E-state index contributed by atoms with van der Waals surface area (Å²) < 4.78 is 21.9. The van der Waals surface area contributed by atoms with E-state index in [0.717, 1.165) is 27.9 Å². The van der Waals surface area contributed by atoms with Crippen molar-refractivity contribution in [2.45, 2.75) is 0 Å². The summed E-state index contributed by atoms with van der Waals surface area (Å²) in [5, 5.41) is 2.46. The number of hydrogen-bond donors (Lipinski definition) is 0. The highest BCUT2D eigenvalue weighted by Crippen LogP contribution is 2.41. The Labute approximate surface area is 270 Å². The van der Waals surface area contributed by atoms with Crippen molar-refractivity contribution in [3.8, 4) is 50.5 Å². The first-order valence-corrected chi connectivity index (χ1v) is 15.7. The molecule has 0 saturated heterocycles. The second-order valence-electron chi connectivity index (χ2n) is 11.7. The van der Waals surface area contributed by atoms with Gasteiger partial charge in [-0.2, -0.15) is 0 Å². The molecule has 7 aromatic carbocycles. The van der Waals surface area contributed by atoms with Crippen molar-refractivity contribution in [2.75, 3.05) is 0 Å². The lowest BCUT2D eigenvalue weighted by atomic mass is 9.89. The first-order valence-electron chi connectivity index (χ1n) is 15.7. The van der Waals surface area contributed by atoms with Crippen LogP contribution in [0.3, 0.4) is 0 Å². The third-order valence-electron chi connectivity index (χ3n) is 8.94. The summed E-state index contributed by atoms with van der Waals surface area (Å²) in [4.78, 5) is 4.56. The third kappa shape index (κ3) is 4.62. The van der Waals surface area contributed by atoms with E-state index in [9.17, 15) is 4.39 Å². The van der Waals surface area contributed by atoms with Crippen LogP contribution in [0, 0.1) is 5.82 Å². The number of para-hydroxylation sites is 2. The highest BCUT2D eigenvalue weighted by molar-refractivity contribution is 6.11. The van der Waals surface area contributed by atoms with E-state index in [1.165, 1.54) is 50.6 Å². The van der Waals surface area contributed by atoms with E-state index in [0.29, 0.717) is 17.0 Å². The number of aromatic nitrogens is 2. The number of halogens is 1. The number of fused-ring (bicyclic) bond motifs is 4. The van der Waals surface area contributed by atoms with Crippen LogP contribution in [0.5, 0.6) is 0 Å². The summed E-state index contributed by atoms with van der Waals surface area (Å²) >= 11 is 0. The van der Waals surface area contributed by atoms with Crippen molar-refractivity contribution in [2.24, 2.45) is 0 Å². The largest absolute Gasteiger partial charge is 0.436 e. The summed E-state index contributed by atoms with van der Waals surface area (Å²) in [7, 11) is 0. The summed E-state index contributed by atoms with van der Waals surface area (Å²) in [6.45, 7) is 0. The quantitative estimate of drug-likeness (QED) is 0.195. The molecule has 3 nitrogen and oxygen atoms in total. The van der Waals surface area contributed by atoms with E-state index in [4.69, 9.17) is 4.42 Å². The molecule has 0 fully saturated rings. The lowest BCUT2D eigenvalue weighted by Crippen LogP contribution is -1.93. The second kappa shape index (κ2) is 11.0. The van der Waals surface area contributed by atoms with Crippen LogP contribution in [0.1, 0.15) is 0 Å². The van der Waals surface area contributed by atoms with Gasteiger partial charge in [-0.25, -0.2) is 9.37 Å². The van der Waals surface area contributed by atoms with E-state index in [2.05, 4.69) is 143 Å². The number of benzene rings is 7. The molecule has 9 aromatic rings. The molecule has 0 radical (unpaired) electrons. The predicted molar refractivity (Wildman–Crippen MR) is 190 cm³/mol. The van der Waals surface area contributed by atoms with Gasteiger partial charge in [-0.15, -0.1) is 0 Å². The predicted octanol–water partition coefficient (Wildman–Crippen LogP) is 11.7. The van der Waals surface area contributed by atoms with Crippen LogP contribution in [0.15, 0.2) is 168 Å². The van der Waals surface area contributed by atoms with Gasteiger partial charge in [-0.1, -0.05) is 103 Å². The molecule has 222 valence electrons. The molecule has 0 saturated carbocycles. The first kappa shape index (κ1) is 27.1. The van der Waals surface area contributed by atoms with E-state index >= 15 is 0 Å². The van der Waals surface area contributed by atoms with Crippen molar-refractivity contribution in [1.82, 2.24) is 9.55 Å². The Morgan fingerprint density at radius 3 is 1.83 bits per heavy atom. The van der Waals surface area contributed by atoms with Gasteiger partial charge in [-0.3, -0.25) is 0 Å². The molecular formula is C43H27FN2O. The van der Waals surface area contributed by atoms with Crippen LogP contribution in [0.4, 0.5) is 4.39 Å². The Hall–Kier alpha value is -6.26. The van der Waals surface area contributed by atoms with Gasteiger partial charge in [0.25, 0.3) is 0 Å². The fourth-order valence-electron chi connectivity index (χ4n) is 6.75. The smallest absolute Gasteiger partial charge is 0.227 e. The molecule has 2 heterocycles. The lowest BCUT2D eigenvalue weighted by Gasteiger charge is -2.15. The summed E-state index contributed by atoms with van der Waals surface area (Å²) in [5.74, 6) is 0.131. The van der Waals surface area contributed by atoms with Crippen molar-refractivity contribution in [1.29, 1.82) is 0 Å². The second-order valence-corrected chi connectivity index (χ2v) is 11.7. The Bertz CT molecular complexity index is 2580. The number of nitrogens with zero attached hydrogens (tertiary/aromatic N) is 2. The zero-order valence-corrected chi connectivity index (χ0v) is 25.3. The molecule has 2 aromatic heterocycles. The van der Waals surface area contributed by atoms with E-state index in [-0.39, 0.29) is 5.82 Å². The van der Waals surface area contributed by atoms with Gasteiger partial charge in [-0.05, 0) is 88.0 Å². The zero-order valence-electron chi connectivity index (χ0n) is 25.3. The van der Waals surface area contributed by atoms with E-state index < -0.39 is 0 Å². The molecule has 0 aliphatic rings. The monoisotopic (exact) mass is 606 g/mol. The zero-order chi connectivity index (χ0) is 31.3. The average Bonchev–Trinajstić information content (AvgIpc) is 3.71. The van der Waals surface area contributed by atoms with Gasteiger partial charge in [0.05, 0.1) is 11.0 Å².